The van der Waals surface area contributed by atoms with E-state index in [0.29, 0.717) is 19.7 Å². The van der Waals surface area contributed by atoms with Crippen LogP contribution in [-0.2, 0) is 14.9 Å². The zero-order valence-electron chi connectivity index (χ0n) is 15.2. The monoisotopic (exact) mass is 369 g/mol. The molecule has 138 valence electrons. The minimum absolute atomic E-state index is 0.112. The van der Waals surface area contributed by atoms with Crippen LogP contribution in [0.1, 0.15) is 39.2 Å². The molecule has 0 aromatic heterocycles. The van der Waals surface area contributed by atoms with Crippen LogP contribution < -0.4 is 0 Å². The lowest BCUT2D eigenvalue weighted by Crippen LogP contribution is -2.48. The Labute approximate surface area is 153 Å². The summed E-state index contributed by atoms with van der Waals surface area (Å²) in [5.41, 5.74) is 0.227. The number of carbonyl (C=O) groups is 1. The Morgan fingerprint density at radius 3 is 2.72 bits per heavy atom. The van der Waals surface area contributed by atoms with Gasteiger partial charge in [-0.05, 0) is 51.3 Å². The molecule has 4 nitrogen and oxygen atoms in total. The van der Waals surface area contributed by atoms with Gasteiger partial charge in [0, 0.05) is 31.0 Å². The predicted octanol–water partition coefficient (Wildman–Crippen LogP) is 4.39. The fourth-order valence-electron chi connectivity index (χ4n) is 4.20. The Morgan fingerprint density at radius 1 is 1.40 bits per heavy atom. The number of rotatable bonds is 3. The highest BCUT2D eigenvalue weighted by atomic mass is 35.5. The third kappa shape index (κ3) is 3.24. The third-order valence-electron chi connectivity index (χ3n) is 5.38. The molecule has 2 atom stereocenters. The lowest BCUT2D eigenvalue weighted by atomic mass is 9.80. The molecular weight excluding hydrogens is 345 g/mol. The van der Waals surface area contributed by atoms with Gasteiger partial charge >= 0.3 is 6.09 Å². The van der Waals surface area contributed by atoms with Crippen LogP contribution in [0.2, 0.25) is 5.02 Å². The van der Waals surface area contributed by atoms with Gasteiger partial charge in [0.15, 0.2) is 0 Å². The van der Waals surface area contributed by atoms with Crippen LogP contribution in [-0.4, -0.2) is 43.4 Å². The molecule has 0 bridgehead atoms. The number of ether oxygens (including phenoxy) is 2. The molecule has 1 aromatic carbocycles. The van der Waals surface area contributed by atoms with E-state index in [0.717, 1.165) is 18.4 Å². The Hall–Kier alpha value is -1.33. The molecule has 1 aliphatic heterocycles. The summed E-state index contributed by atoms with van der Waals surface area (Å²) < 4.78 is 24.5. The highest BCUT2D eigenvalue weighted by Gasteiger charge is 2.70. The molecular formula is C19H25ClFNO3. The number of methoxy groups -OCH3 is 1. The second kappa shape index (κ2) is 6.13. The van der Waals surface area contributed by atoms with Crippen LogP contribution in [0.5, 0.6) is 0 Å². The number of piperidine rings is 1. The second-order valence-electron chi connectivity index (χ2n) is 8.25. The first kappa shape index (κ1) is 18.5. The summed E-state index contributed by atoms with van der Waals surface area (Å²) in [6, 6.07) is 4.95. The topological polar surface area (TPSA) is 38.8 Å². The van der Waals surface area contributed by atoms with Gasteiger partial charge in [0.2, 0.25) is 0 Å². The SMILES string of the molecule is COC[C@@]12CN(C(=O)OC(C)(C)C)CC[C@]1(c1ccc(F)c(Cl)c1)C2. The third-order valence-corrected chi connectivity index (χ3v) is 5.67. The number of amides is 1. The summed E-state index contributed by atoms with van der Waals surface area (Å²) in [5, 5.41) is 0.139. The quantitative estimate of drug-likeness (QED) is 0.792. The van der Waals surface area contributed by atoms with E-state index in [1.165, 1.54) is 6.07 Å². The van der Waals surface area contributed by atoms with Crippen molar-refractivity contribution in [3.8, 4) is 0 Å². The average molecular weight is 370 g/mol. The van der Waals surface area contributed by atoms with Crippen LogP contribution in [0.25, 0.3) is 0 Å². The molecule has 1 amide bonds. The zero-order valence-corrected chi connectivity index (χ0v) is 16.0. The summed E-state index contributed by atoms with van der Waals surface area (Å²) in [7, 11) is 1.67. The van der Waals surface area contributed by atoms with E-state index in [1.807, 2.05) is 26.8 Å². The van der Waals surface area contributed by atoms with Crippen LogP contribution >= 0.6 is 11.6 Å². The van der Waals surface area contributed by atoms with Gasteiger partial charge in [0.05, 0.1) is 11.6 Å². The summed E-state index contributed by atoms with van der Waals surface area (Å²) in [6.07, 6.45) is 1.40. The van der Waals surface area contributed by atoms with E-state index in [4.69, 9.17) is 21.1 Å². The Bertz CT molecular complexity index is 690. The molecule has 0 spiro atoms. The Kier molecular flexibility index (Phi) is 4.53. The predicted molar refractivity (Wildman–Crippen MR) is 94.4 cm³/mol. The van der Waals surface area contributed by atoms with Gasteiger partial charge in [0.1, 0.15) is 11.4 Å². The maximum Gasteiger partial charge on any atom is 0.410 e. The molecule has 1 saturated heterocycles. The van der Waals surface area contributed by atoms with Crippen LogP contribution in [0.15, 0.2) is 18.2 Å². The van der Waals surface area contributed by atoms with Crippen molar-refractivity contribution in [1.82, 2.24) is 4.90 Å². The number of fused-ring (bicyclic) bond motifs is 1. The summed E-state index contributed by atoms with van der Waals surface area (Å²) in [5.74, 6) is -0.411. The van der Waals surface area contributed by atoms with Crippen molar-refractivity contribution in [2.24, 2.45) is 5.41 Å². The first-order chi connectivity index (χ1) is 11.6. The molecule has 3 rings (SSSR count). The lowest BCUT2D eigenvalue weighted by Gasteiger charge is -2.38. The maximum atomic E-state index is 13.5. The van der Waals surface area contributed by atoms with Crippen molar-refractivity contribution in [3.05, 3.63) is 34.6 Å². The Morgan fingerprint density at radius 2 is 2.12 bits per heavy atom. The summed E-state index contributed by atoms with van der Waals surface area (Å²) in [6.45, 7) is 7.31. The average Bonchev–Trinajstić information content (AvgIpc) is 3.17. The van der Waals surface area contributed by atoms with Crippen LogP contribution in [0, 0.1) is 11.2 Å². The molecule has 1 heterocycles. The largest absolute Gasteiger partial charge is 0.444 e. The van der Waals surface area contributed by atoms with Crippen LogP contribution in [0.3, 0.4) is 0 Å². The van der Waals surface area contributed by atoms with Crippen molar-refractivity contribution in [3.63, 3.8) is 0 Å². The van der Waals surface area contributed by atoms with Crippen molar-refractivity contribution < 1.29 is 18.7 Å². The molecule has 0 radical (unpaired) electrons. The second-order valence-corrected chi connectivity index (χ2v) is 8.66. The minimum Gasteiger partial charge on any atom is -0.444 e. The first-order valence-electron chi connectivity index (χ1n) is 8.55. The van der Waals surface area contributed by atoms with E-state index < -0.39 is 11.4 Å². The van der Waals surface area contributed by atoms with Gasteiger partial charge in [-0.3, -0.25) is 0 Å². The first-order valence-corrected chi connectivity index (χ1v) is 8.93. The molecule has 6 heteroatoms. The van der Waals surface area contributed by atoms with Gasteiger partial charge in [-0.25, -0.2) is 9.18 Å². The fraction of sp³-hybridized carbons (Fsp3) is 0.632. The van der Waals surface area contributed by atoms with Crippen molar-refractivity contribution >= 4 is 17.7 Å². The standard InChI is InChI=1S/C19H25ClFNO3/c1-17(2,3)25-16(23)22-8-7-19(10-18(19,11-22)12-24-4)13-5-6-15(21)14(20)9-13/h5-6,9H,7-8,10-12H2,1-4H3/t18-,19-/m1/s1. The maximum absolute atomic E-state index is 13.5. The summed E-state index contributed by atoms with van der Waals surface area (Å²) in [4.78, 5) is 14.2. The Balaban J connectivity index is 1.83. The highest BCUT2D eigenvalue weighted by Crippen LogP contribution is 2.69. The number of hydrogen-bond donors (Lipinski definition) is 0. The number of carbonyl (C=O) groups excluding carboxylic acids is 1. The smallest absolute Gasteiger partial charge is 0.410 e. The van der Waals surface area contributed by atoms with Crippen molar-refractivity contribution in [2.45, 2.75) is 44.6 Å². The van der Waals surface area contributed by atoms with E-state index in [2.05, 4.69) is 0 Å². The van der Waals surface area contributed by atoms with Gasteiger partial charge in [-0.15, -0.1) is 0 Å². The van der Waals surface area contributed by atoms with Crippen molar-refractivity contribution in [2.75, 3.05) is 26.8 Å². The van der Waals surface area contributed by atoms with E-state index in [9.17, 15) is 9.18 Å². The minimum atomic E-state index is -0.520. The number of likely N-dealkylation sites (tertiary alicyclic amines) is 1. The fourth-order valence-corrected chi connectivity index (χ4v) is 4.38. The number of halogens is 2. The van der Waals surface area contributed by atoms with Gasteiger partial charge in [-0.2, -0.15) is 0 Å². The number of benzene rings is 1. The molecule has 0 unspecified atom stereocenters. The molecule has 2 fully saturated rings. The molecule has 25 heavy (non-hydrogen) atoms. The van der Waals surface area contributed by atoms with E-state index >= 15 is 0 Å². The highest BCUT2D eigenvalue weighted by molar-refractivity contribution is 6.30. The number of hydrogen-bond acceptors (Lipinski definition) is 3. The van der Waals surface area contributed by atoms with E-state index in [1.54, 1.807) is 18.1 Å². The van der Waals surface area contributed by atoms with E-state index in [-0.39, 0.29) is 21.9 Å². The zero-order chi connectivity index (χ0) is 18.5. The van der Waals surface area contributed by atoms with Gasteiger partial charge < -0.3 is 14.4 Å². The van der Waals surface area contributed by atoms with Crippen LogP contribution in [0.4, 0.5) is 9.18 Å². The number of nitrogens with zero attached hydrogens (tertiary/aromatic N) is 1. The van der Waals surface area contributed by atoms with Crippen molar-refractivity contribution in [1.29, 1.82) is 0 Å². The molecule has 2 aliphatic rings. The molecule has 1 saturated carbocycles. The molecule has 1 aliphatic carbocycles. The molecule has 0 N–H and O–H groups in total. The normalized spacial score (nSPS) is 28.5. The summed E-state index contributed by atoms with van der Waals surface area (Å²) >= 11 is 6.00. The van der Waals surface area contributed by atoms with Gasteiger partial charge in [-0.1, -0.05) is 17.7 Å². The molecule has 1 aromatic rings. The van der Waals surface area contributed by atoms with Gasteiger partial charge in [0.25, 0.3) is 0 Å². The lowest BCUT2D eigenvalue weighted by molar-refractivity contribution is 0.00562.